The predicted molar refractivity (Wildman–Crippen MR) is 68.4 cm³/mol. The fourth-order valence-electron chi connectivity index (χ4n) is 2.17. The molecule has 0 bridgehead atoms. The zero-order valence-electron chi connectivity index (χ0n) is 11.3. The van der Waals surface area contributed by atoms with Gasteiger partial charge in [-0.2, -0.15) is 0 Å². The Morgan fingerprint density at radius 1 is 1.40 bits per heavy atom. The fourth-order valence-corrected chi connectivity index (χ4v) is 2.17. The number of hydrogen-bond donors (Lipinski definition) is 3. The summed E-state index contributed by atoms with van der Waals surface area (Å²) in [4.78, 5) is 46.5. The maximum atomic E-state index is 12.0. The molecule has 112 valence electrons. The molecule has 1 aliphatic rings. The monoisotopic (exact) mass is 285 g/mol. The first kappa shape index (κ1) is 15.9. The molecule has 0 saturated carbocycles. The molecule has 4 N–H and O–H groups in total. The molecule has 1 heterocycles. The molecule has 1 rings (SSSR count). The number of amides is 3. The van der Waals surface area contributed by atoms with Crippen LogP contribution < -0.4 is 11.1 Å². The Kier molecular flexibility index (Phi) is 5.48. The average molecular weight is 285 g/mol. The Labute approximate surface area is 116 Å². The van der Waals surface area contributed by atoms with Gasteiger partial charge in [0.25, 0.3) is 0 Å². The third kappa shape index (κ3) is 4.52. The van der Waals surface area contributed by atoms with Gasteiger partial charge in [-0.05, 0) is 12.8 Å². The zero-order chi connectivity index (χ0) is 15.3. The van der Waals surface area contributed by atoms with Crippen molar-refractivity contribution >= 4 is 23.7 Å². The molecule has 20 heavy (non-hydrogen) atoms. The van der Waals surface area contributed by atoms with E-state index in [9.17, 15) is 19.2 Å². The lowest BCUT2D eigenvalue weighted by Crippen LogP contribution is -2.50. The fraction of sp³-hybridized carbons (Fsp3) is 0.667. The second-order valence-electron chi connectivity index (χ2n) is 4.87. The van der Waals surface area contributed by atoms with Crippen molar-refractivity contribution in [1.29, 1.82) is 0 Å². The van der Waals surface area contributed by atoms with Gasteiger partial charge in [0.1, 0.15) is 6.04 Å². The van der Waals surface area contributed by atoms with E-state index in [0.717, 1.165) is 0 Å². The van der Waals surface area contributed by atoms with Crippen LogP contribution in [0.1, 0.15) is 26.2 Å². The number of primary amides is 1. The second kappa shape index (κ2) is 6.88. The molecule has 1 unspecified atom stereocenters. The summed E-state index contributed by atoms with van der Waals surface area (Å²) in [6.07, 6.45) is 0.813. The quantitative estimate of drug-likeness (QED) is 0.577. The van der Waals surface area contributed by atoms with Crippen molar-refractivity contribution in [3.8, 4) is 0 Å². The summed E-state index contributed by atoms with van der Waals surface area (Å²) in [6.45, 7) is 2.29. The zero-order valence-corrected chi connectivity index (χ0v) is 11.3. The first-order valence-electron chi connectivity index (χ1n) is 6.38. The highest BCUT2D eigenvalue weighted by molar-refractivity contribution is 5.89. The van der Waals surface area contributed by atoms with Crippen LogP contribution in [0.2, 0.25) is 0 Å². The third-order valence-corrected chi connectivity index (χ3v) is 3.26. The lowest BCUT2D eigenvalue weighted by molar-refractivity contribution is -0.144. The predicted octanol–water partition coefficient (Wildman–Crippen LogP) is -1.31. The lowest BCUT2D eigenvalue weighted by atomic mass is 9.96. The molecule has 0 aromatic rings. The van der Waals surface area contributed by atoms with E-state index in [-0.39, 0.29) is 12.5 Å². The number of piperidine rings is 1. The summed E-state index contributed by atoms with van der Waals surface area (Å²) < 4.78 is 0. The minimum Gasteiger partial charge on any atom is -0.480 e. The number of aliphatic carboxylic acids is 1. The Hall–Kier alpha value is -2.12. The molecular formula is C12H19N3O5. The molecule has 0 spiro atoms. The van der Waals surface area contributed by atoms with E-state index in [2.05, 4.69) is 5.32 Å². The van der Waals surface area contributed by atoms with E-state index in [1.165, 1.54) is 6.92 Å². The molecule has 1 aliphatic heterocycles. The molecule has 0 aliphatic carbocycles. The van der Waals surface area contributed by atoms with Crippen LogP contribution in [0.5, 0.6) is 0 Å². The van der Waals surface area contributed by atoms with E-state index in [1.54, 1.807) is 4.90 Å². The summed E-state index contributed by atoms with van der Waals surface area (Å²) in [7, 11) is 0. The Balaban J connectivity index is 2.61. The number of nitrogens with one attached hydrogen (secondary N) is 1. The molecule has 1 fully saturated rings. The smallest absolute Gasteiger partial charge is 0.326 e. The second-order valence-corrected chi connectivity index (χ2v) is 4.87. The van der Waals surface area contributed by atoms with E-state index in [4.69, 9.17) is 10.8 Å². The van der Waals surface area contributed by atoms with Crippen molar-refractivity contribution in [3.05, 3.63) is 0 Å². The minimum absolute atomic E-state index is 0.116. The van der Waals surface area contributed by atoms with E-state index in [0.29, 0.717) is 19.4 Å². The molecule has 8 heteroatoms. The molecule has 3 amide bonds. The van der Waals surface area contributed by atoms with Gasteiger partial charge in [0.15, 0.2) is 0 Å². The van der Waals surface area contributed by atoms with Crippen molar-refractivity contribution in [2.45, 2.75) is 32.2 Å². The number of nitrogens with two attached hydrogens (primary N) is 1. The van der Waals surface area contributed by atoms with Crippen LogP contribution >= 0.6 is 0 Å². The van der Waals surface area contributed by atoms with Gasteiger partial charge >= 0.3 is 5.97 Å². The van der Waals surface area contributed by atoms with Gasteiger partial charge in [-0.3, -0.25) is 14.4 Å². The van der Waals surface area contributed by atoms with Crippen LogP contribution in [0.3, 0.4) is 0 Å². The van der Waals surface area contributed by atoms with Crippen molar-refractivity contribution in [2.24, 2.45) is 11.7 Å². The molecule has 8 nitrogen and oxygen atoms in total. The van der Waals surface area contributed by atoms with Crippen LogP contribution in [-0.4, -0.2) is 52.8 Å². The highest BCUT2D eigenvalue weighted by atomic mass is 16.4. The molecule has 0 aromatic carbocycles. The maximum absolute atomic E-state index is 12.0. The molecule has 0 aromatic heterocycles. The number of carboxylic acid groups (broad SMARTS) is 1. The summed E-state index contributed by atoms with van der Waals surface area (Å²) in [5.74, 6) is -3.15. The maximum Gasteiger partial charge on any atom is 0.326 e. The highest BCUT2D eigenvalue weighted by Gasteiger charge is 2.30. The van der Waals surface area contributed by atoms with Crippen molar-refractivity contribution < 1.29 is 24.3 Å². The highest BCUT2D eigenvalue weighted by Crippen LogP contribution is 2.17. The summed E-state index contributed by atoms with van der Waals surface area (Å²) in [6, 6.07) is -1.33. The number of carbonyl (C=O) groups excluding carboxylic acids is 3. The average Bonchev–Trinajstić information content (AvgIpc) is 2.37. The Morgan fingerprint density at radius 2 is 2.05 bits per heavy atom. The molecule has 1 saturated heterocycles. The largest absolute Gasteiger partial charge is 0.480 e. The Morgan fingerprint density at radius 3 is 2.55 bits per heavy atom. The summed E-state index contributed by atoms with van der Waals surface area (Å²) in [5, 5.41) is 11.2. The SMILES string of the molecule is CC(=O)N1CCCC(C(=O)N[C@H](CC(N)=O)C(=O)O)C1. The van der Waals surface area contributed by atoms with Crippen LogP contribution in [-0.2, 0) is 19.2 Å². The molecule has 2 atom stereocenters. The first-order valence-corrected chi connectivity index (χ1v) is 6.38. The summed E-state index contributed by atoms with van der Waals surface area (Å²) in [5.41, 5.74) is 4.94. The van der Waals surface area contributed by atoms with Gasteiger partial charge in [-0.25, -0.2) is 4.79 Å². The van der Waals surface area contributed by atoms with Crippen LogP contribution in [0, 0.1) is 5.92 Å². The van der Waals surface area contributed by atoms with Gasteiger partial charge in [0, 0.05) is 20.0 Å². The van der Waals surface area contributed by atoms with Crippen molar-refractivity contribution in [3.63, 3.8) is 0 Å². The van der Waals surface area contributed by atoms with Gasteiger partial charge in [0.2, 0.25) is 17.7 Å². The number of likely N-dealkylation sites (tertiary alicyclic amines) is 1. The normalized spacial score (nSPS) is 20.1. The number of nitrogens with zero attached hydrogens (tertiary/aromatic N) is 1. The molecule has 0 radical (unpaired) electrons. The van der Waals surface area contributed by atoms with E-state index in [1.807, 2.05) is 0 Å². The number of carboxylic acids is 1. The van der Waals surface area contributed by atoms with Gasteiger partial charge < -0.3 is 21.1 Å². The third-order valence-electron chi connectivity index (χ3n) is 3.26. The first-order chi connectivity index (χ1) is 9.31. The van der Waals surface area contributed by atoms with E-state index >= 15 is 0 Å². The van der Waals surface area contributed by atoms with Crippen molar-refractivity contribution in [2.75, 3.05) is 13.1 Å². The van der Waals surface area contributed by atoms with Gasteiger partial charge in [-0.15, -0.1) is 0 Å². The number of rotatable bonds is 5. The van der Waals surface area contributed by atoms with Gasteiger partial charge in [0.05, 0.1) is 12.3 Å². The molecular weight excluding hydrogens is 266 g/mol. The number of carbonyl (C=O) groups is 4. The van der Waals surface area contributed by atoms with Crippen LogP contribution in [0.15, 0.2) is 0 Å². The number of hydrogen-bond acceptors (Lipinski definition) is 4. The van der Waals surface area contributed by atoms with Crippen LogP contribution in [0.25, 0.3) is 0 Å². The van der Waals surface area contributed by atoms with Crippen molar-refractivity contribution in [1.82, 2.24) is 10.2 Å². The summed E-state index contributed by atoms with van der Waals surface area (Å²) >= 11 is 0. The van der Waals surface area contributed by atoms with Gasteiger partial charge in [-0.1, -0.05) is 0 Å². The minimum atomic E-state index is -1.33. The lowest BCUT2D eigenvalue weighted by Gasteiger charge is -2.31. The Bertz CT molecular complexity index is 423. The topological polar surface area (TPSA) is 130 Å². The standard InChI is InChI=1S/C12H19N3O5/c1-7(16)15-4-2-3-8(6-15)11(18)14-9(12(19)20)5-10(13)17/h8-9H,2-6H2,1H3,(H2,13,17)(H,14,18)(H,19,20)/t8?,9-/m1/s1. The van der Waals surface area contributed by atoms with Crippen LogP contribution in [0.4, 0.5) is 0 Å². The van der Waals surface area contributed by atoms with E-state index < -0.39 is 36.2 Å².